The number of halogens is 1. The Labute approximate surface area is 117 Å². The Kier molecular flexibility index (Phi) is 4.07. The fraction of sp³-hybridized carbons (Fsp3) is 0.133. The molecule has 3 nitrogen and oxygen atoms in total. The molecule has 2 rings (SSSR count). The molecule has 0 spiro atoms. The second-order valence-electron chi connectivity index (χ2n) is 4.28. The predicted octanol–water partition coefficient (Wildman–Crippen LogP) is 4.32. The molecule has 98 valence electrons. The molecule has 0 aliphatic rings. The maximum atomic E-state index is 12.1. The number of anilines is 2. The number of benzene rings is 2. The number of aryl methyl sites for hydroxylation is 1. The number of hydrogen-bond acceptors (Lipinski definition) is 1. The number of nitrogens with zero attached hydrogens (tertiary/aromatic N) is 1. The summed E-state index contributed by atoms with van der Waals surface area (Å²) in [6.07, 6.45) is 0. The van der Waals surface area contributed by atoms with E-state index in [0.717, 1.165) is 16.9 Å². The minimum Gasteiger partial charge on any atom is -0.307 e. The summed E-state index contributed by atoms with van der Waals surface area (Å²) in [6.45, 7) is 1.91. The van der Waals surface area contributed by atoms with Crippen LogP contribution in [-0.4, -0.2) is 13.1 Å². The molecule has 0 atom stereocenters. The highest BCUT2D eigenvalue weighted by Crippen LogP contribution is 2.20. The molecule has 0 fully saturated rings. The van der Waals surface area contributed by atoms with Gasteiger partial charge in [-0.2, -0.15) is 0 Å². The Bertz CT molecular complexity index is 584. The van der Waals surface area contributed by atoms with E-state index in [9.17, 15) is 4.79 Å². The number of amides is 2. The highest BCUT2D eigenvalue weighted by Gasteiger charge is 2.11. The summed E-state index contributed by atoms with van der Waals surface area (Å²) in [5.74, 6) is 0. The molecule has 0 saturated heterocycles. The van der Waals surface area contributed by atoms with Gasteiger partial charge in [-0.05, 0) is 42.8 Å². The molecule has 2 aromatic carbocycles. The van der Waals surface area contributed by atoms with Gasteiger partial charge in [0.1, 0.15) is 0 Å². The first-order valence-corrected chi connectivity index (χ1v) is 6.31. The topological polar surface area (TPSA) is 32.3 Å². The van der Waals surface area contributed by atoms with Gasteiger partial charge in [0.25, 0.3) is 0 Å². The van der Waals surface area contributed by atoms with E-state index in [1.54, 1.807) is 24.1 Å². The number of carbonyl (C=O) groups is 1. The molecular weight excluding hydrogens is 260 g/mol. The third kappa shape index (κ3) is 3.26. The van der Waals surface area contributed by atoms with Gasteiger partial charge in [-0.3, -0.25) is 4.90 Å². The molecule has 0 bridgehead atoms. The van der Waals surface area contributed by atoms with Crippen molar-refractivity contribution in [3.8, 4) is 0 Å². The highest BCUT2D eigenvalue weighted by molar-refractivity contribution is 6.30. The largest absolute Gasteiger partial charge is 0.326 e. The van der Waals surface area contributed by atoms with E-state index in [4.69, 9.17) is 11.6 Å². The van der Waals surface area contributed by atoms with Crippen LogP contribution < -0.4 is 10.2 Å². The average Bonchev–Trinajstić information content (AvgIpc) is 2.42. The summed E-state index contributed by atoms with van der Waals surface area (Å²) in [5, 5.41) is 3.52. The summed E-state index contributed by atoms with van der Waals surface area (Å²) < 4.78 is 0. The van der Waals surface area contributed by atoms with E-state index in [-0.39, 0.29) is 6.03 Å². The fourth-order valence-electron chi connectivity index (χ4n) is 1.74. The van der Waals surface area contributed by atoms with Crippen LogP contribution in [0.2, 0.25) is 5.02 Å². The van der Waals surface area contributed by atoms with Gasteiger partial charge in [0.2, 0.25) is 0 Å². The molecule has 1 N–H and O–H groups in total. The van der Waals surface area contributed by atoms with Crippen molar-refractivity contribution in [2.75, 3.05) is 17.3 Å². The monoisotopic (exact) mass is 274 g/mol. The average molecular weight is 275 g/mol. The Balaban J connectivity index is 2.13. The molecule has 0 aliphatic carbocycles. The van der Waals surface area contributed by atoms with Gasteiger partial charge in [-0.25, -0.2) is 4.79 Å². The quantitative estimate of drug-likeness (QED) is 0.869. The van der Waals surface area contributed by atoms with Gasteiger partial charge < -0.3 is 5.32 Å². The second-order valence-corrected chi connectivity index (χ2v) is 4.72. The number of hydrogen-bond donors (Lipinski definition) is 1. The predicted molar refractivity (Wildman–Crippen MR) is 80.1 cm³/mol. The third-order valence-corrected chi connectivity index (χ3v) is 3.11. The number of urea groups is 1. The van der Waals surface area contributed by atoms with E-state index in [0.29, 0.717) is 5.02 Å². The smallest absolute Gasteiger partial charge is 0.307 e. The van der Waals surface area contributed by atoms with E-state index in [1.165, 1.54) is 0 Å². The van der Waals surface area contributed by atoms with E-state index >= 15 is 0 Å². The van der Waals surface area contributed by atoms with Gasteiger partial charge in [-0.15, -0.1) is 0 Å². The van der Waals surface area contributed by atoms with Crippen LogP contribution in [0, 0.1) is 6.92 Å². The van der Waals surface area contributed by atoms with Crippen LogP contribution in [-0.2, 0) is 0 Å². The maximum Gasteiger partial charge on any atom is 0.326 e. The lowest BCUT2D eigenvalue weighted by Gasteiger charge is -2.18. The first-order valence-electron chi connectivity index (χ1n) is 5.94. The van der Waals surface area contributed by atoms with Crippen molar-refractivity contribution in [3.05, 3.63) is 59.1 Å². The Morgan fingerprint density at radius 3 is 2.47 bits per heavy atom. The first kappa shape index (κ1) is 13.4. The van der Waals surface area contributed by atoms with E-state index in [1.807, 2.05) is 43.3 Å². The van der Waals surface area contributed by atoms with Crippen molar-refractivity contribution < 1.29 is 4.79 Å². The standard InChI is InChI=1S/C15H15ClN2O/c1-11-10-12(16)8-9-14(11)17-15(19)18(2)13-6-4-3-5-7-13/h3-10H,1-2H3,(H,17,19). The number of para-hydroxylation sites is 1. The SMILES string of the molecule is Cc1cc(Cl)ccc1NC(=O)N(C)c1ccccc1. The summed E-state index contributed by atoms with van der Waals surface area (Å²) in [4.78, 5) is 13.7. The van der Waals surface area contributed by atoms with Crippen LogP contribution in [0.4, 0.5) is 16.2 Å². The van der Waals surface area contributed by atoms with Crippen molar-refractivity contribution >= 4 is 29.0 Å². The molecule has 19 heavy (non-hydrogen) atoms. The van der Waals surface area contributed by atoms with Crippen LogP contribution in [0.1, 0.15) is 5.56 Å². The van der Waals surface area contributed by atoms with E-state index < -0.39 is 0 Å². The number of nitrogens with one attached hydrogen (secondary N) is 1. The zero-order valence-corrected chi connectivity index (χ0v) is 11.6. The van der Waals surface area contributed by atoms with Crippen LogP contribution in [0.3, 0.4) is 0 Å². The summed E-state index contributed by atoms with van der Waals surface area (Å²) in [7, 11) is 1.73. The van der Waals surface area contributed by atoms with Crippen molar-refractivity contribution in [3.63, 3.8) is 0 Å². The van der Waals surface area contributed by atoms with Crippen molar-refractivity contribution in [1.29, 1.82) is 0 Å². The Morgan fingerprint density at radius 1 is 1.16 bits per heavy atom. The fourth-order valence-corrected chi connectivity index (χ4v) is 1.96. The number of carbonyl (C=O) groups excluding carboxylic acids is 1. The number of rotatable bonds is 2. The lowest BCUT2D eigenvalue weighted by atomic mass is 10.2. The normalized spacial score (nSPS) is 10.1. The van der Waals surface area contributed by atoms with Crippen molar-refractivity contribution in [2.45, 2.75) is 6.92 Å². The van der Waals surface area contributed by atoms with Crippen molar-refractivity contribution in [1.82, 2.24) is 0 Å². The van der Waals surface area contributed by atoms with Crippen LogP contribution in [0.15, 0.2) is 48.5 Å². The Hall–Kier alpha value is -2.00. The second kappa shape index (κ2) is 5.76. The molecule has 0 heterocycles. The third-order valence-electron chi connectivity index (χ3n) is 2.88. The van der Waals surface area contributed by atoms with E-state index in [2.05, 4.69) is 5.32 Å². The molecule has 0 radical (unpaired) electrons. The van der Waals surface area contributed by atoms with Gasteiger partial charge >= 0.3 is 6.03 Å². The molecule has 0 aromatic heterocycles. The molecule has 2 amide bonds. The molecule has 0 aliphatic heterocycles. The zero-order valence-electron chi connectivity index (χ0n) is 10.9. The van der Waals surface area contributed by atoms with Crippen LogP contribution in [0.25, 0.3) is 0 Å². The molecule has 4 heteroatoms. The lowest BCUT2D eigenvalue weighted by molar-refractivity contribution is 0.258. The van der Waals surface area contributed by atoms with Crippen LogP contribution >= 0.6 is 11.6 Å². The van der Waals surface area contributed by atoms with Gasteiger partial charge in [-0.1, -0.05) is 29.8 Å². The molecule has 2 aromatic rings. The zero-order chi connectivity index (χ0) is 13.8. The van der Waals surface area contributed by atoms with Gasteiger partial charge in [0, 0.05) is 23.4 Å². The Morgan fingerprint density at radius 2 is 1.84 bits per heavy atom. The molecular formula is C15H15ClN2O. The minimum atomic E-state index is -0.184. The van der Waals surface area contributed by atoms with Crippen LogP contribution in [0.5, 0.6) is 0 Å². The maximum absolute atomic E-state index is 12.1. The summed E-state index contributed by atoms with van der Waals surface area (Å²) in [5.41, 5.74) is 2.53. The lowest BCUT2D eigenvalue weighted by Crippen LogP contribution is -2.31. The van der Waals surface area contributed by atoms with Gasteiger partial charge in [0.15, 0.2) is 0 Å². The molecule has 0 unspecified atom stereocenters. The summed E-state index contributed by atoms with van der Waals surface area (Å²) >= 11 is 5.89. The van der Waals surface area contributed by atoms with Gasteiger partial charge in [0.05, 0.1) is 0 Å². The highest BCUT2D eigenvalue weighted by atomic mass is 35.5. The van der Waals surface area contributed by atoms with Crippen molar-refractivity contribution in [2.24, 2.45) is 0 Å². The minimum absolute atomic E-state index is 0.184. The molecule has 0 saturated carbocycles. The summed E-state index contributed by atoms with van der Waals surface area (Å²) in [6, 6.07) is 14.7. The first-order chi connectivity index (χ1) is 9.08.